The number of benzene rings is 2. The Morgan fingerprint density at radius 3 is 2.27 bits per heavy atom. The molecule has 174 valence electrons. The fraction of sp³-hybridized carbons (Fsp3) is 0.379. The molecule has 33 heavy (non-hydrogen) atoms. The largest absolute Gasteiger partial charge is 0.326 e. The van der Waals surface area contributed by atoms with E-state index in [1.165, 1.54) is 30.4 Å². The minimum absolute atomic E-state index is 0.0504. The summed E-state index contributed by atoms with van der Waals surface area (Å²) in [6.45, 7) is 4.96. The van der Waals surface area contributed by atoms with Crippen LogP contribution >= 0.6 is 0 Å². The van der Waals surface area contributed by atoms with Crippen molar-refractivity contribution in [2.24, 2.45) is 0 Å². The molecule has 0 saturated carbocycles. The highest BCUT2D eigenvalue weighted by molar-refractivity contribution is 5.90. The van der Waals surface area contributed by atoms with Gasteiger partial charge in [0.15, 0.2) is 0 Å². The number of unbranched alkanes of at least 4 members (excludes halogenated alkanes) is 2. The number of hydrogen-bond acceptors (Lipinski definition) is 3. The van der Waals surface area contributed by atoms with Crippen LogP contribution in [0.5, 0.6) is 0 Å². The van der Waals surface area contributed by atoms with Gasteiger partial charge >= 0.3 is 0 Å². The van der Waals surface area contributed by atoms with Crippen LogP contribution in [0.3, 0.4) is 0 Å². The molecule has 4 nitrogen and oxygen atoms in total. The van der Waals surface area contributed by atoms with Gasteiger partial charge in [0, 0.05) is 30.5 Å². The second-order valence-corrected chi connectivity index (χ2v) is 8.60. The van der Waals surface area contributed by atoms with E-state index >= 15 is 0 Å². The molecule has 0 bridgehead atoms. The lowest BCUT2D eigenvalue weighted by molar-refractivity contribution is -0.115. The molecule has 3 rings (SSSR count). The molecular formula is C29H37N3O. The smallest absolute Gasteiger partial charge is 0.224 e. The molecule has 0 unspecified atom stereocenters. The van der Waals surface area contributed by atoms with Gasteiger partial charge in [-0.05, 0) is 80.6 Å². The summed E-state index contributed by atoms with van der Waals surface area (Å²) in [5.74, 6) is 0.0504. The van der Waals surface area contributed by atoms with Gasteiger partial charge in [-0.15, -0.1) is 0 Å². The Balaban J connectivity index is 1.48. The molecule has 0 saturated heterocycles. The summed E-state index contributed by atoms with van der Waals surface area (Å²) < 4.78 is 0. The lowest BCUT2D eigenvalue weighted by Crippen LogP contribution is -2.26. The summed E-state index contributed by atoms with van der Waals surface area (Å²) >= 11 is 0. The average Bonchev–Trinajstić information content (AvgIpc) is 2.86. The van der Waals surface area contributed by atoms with Crippen molar-refractivity contribution < 1.29 is 4.79 Å². The van der Waals surface area contributed by atoms with Crippen LogP contribution in [0, 0.1) is 0 Å². The van der Waals surface area contributed by atoms with Crippen LogP contribution in [0.4, 0.5) is 5.69 Å². The van der Waals surface area contributed by atoms with Crippen molar-refractivity contribution in [1.82, 2.24) is 9.88 Å². The molecule has 1 heterocycles. The number of hydrogen-bond donors (Lipinski definition) is 1. The molecule has 2 aromatic carbocycles. The molecule has 0 aliphatic heterocycles. The fourth-order valence-electron chi connectivity index (χ4n) is 3.99. The minimum Gasteiger partial charge on any atom is -0.326 e. The maximum absolute atomic E-state index is 11.6. The van der Waals surface area contributed by atoms with Crippen LogP contribution in [0.2, 0.25) is 0 Å². The number of nitrogens with zero attached hydrogens (tertiary/aromatic N) is 2. The lowest BCUT2D eigenvalue weighted by atomic mass is 10.1. The summed E-state index contributed by atoms with van der Waals surface area (Å²) in [5, 5.41) is 2.93. The van der Waals surface area contributed by atoms with E-state index in [0.29, 0.717) is 6.42 Å². The van der Waals surface area contributed by atoms with Crippen molar-refractivity contribution in [2.45, 2.75) is 58.4 Å². The highest BCUT2D eigenvalue weighted by Gasteiger charge is 2.08. The molecule has 0 fully saturated rings. The molecule has 0 aliphatic carbocycles. The molecule has 0 spiro atoms. The summed E-state index contributed by atoms with van der Waals surface area (Å²) in [6.07, 6.45) is 9.32. The van der Waals surface area contributed by atoms with E-state index in [2.05, 4.69) is 69.8 Å². The van der Waals surface area contributed by atoms with Crippen LogP contribution in [0.15, 0.2) is 79.0 Å². The number of carbonyl (C=O) groups excluding carboxylic acids is 1. The first-order valence-electron chi connectivity index (χ1n) is 12.3. The second kappa shape index (κ2) is 14.2. The molecular weight excluding hydrogens is 406 g/mol. The van der Waals surface area contributed by atoms with Gasteiger partial charge in [-0.1, -0.05) is 61.9 Å². The molecule has 1 aromatic heterocycles. The van der Waals surface area contributed by atoms with Crippen LogP contribution in [0.25, 0.3) is 0 Å². The Morgan fingerprint density at radius 2 is 1.55 bits per heavy atom. The first-order valence-corrected chi connectivity index (χ1v) is 12.3. The zero-order valence-electron chi connectivity index (χ0n) is 19.9. The monoisotopic (exact) mass is 443 g/mol. The van der Waals surface area contributed by atoms with Crippen molar-refractivity contribution in [3.8, 4) is 0 Å². The predicted molar refractivity (Wildman–Crippen MR) is 137 cm³/mol. The molecule has 0 atom stereocenters. The Hall–Kier alpha value is -2.98. The number of pyridine rings is 1. The Morgan fingerprint density at radius 1 is 0.788 bits per heavy atom. The van der Waals surface area contributed by atoms with E-state index in [-0.39, 0.29) is 5.91 Å². The quantitative estimate of drug-likeness (QED) is 0.298. The lowest BCUT2D eigenvalue weighted by Gasteiger charge is -2.22. The molecule has 1 N–H and O–H groups in total. The zero-order valence-corrected chi connectivity index (χ0v) is 19.9. The summed E-state index contributed by atoms with van der Waals surface area (Å²) in [4.78, 5) is 18.6. The molecule has 4 heteroatoms. The SMILES string of the molecule is CCC(=O)Nc1ccc(CN(CCCCCc2ccccc2)CCCc2ccccn2)cc1. The highest BCUT2D eigenvalue weighted by atomic mass is 16.1. The minimum atomic E-state index is 0.0504. The van der Waals surface area contributed by atoms with E-state index in [1.807, 2.05) is 31.3 Å². The van der Waals surface area contributed by atoms with Gasteiger partial charge in [-0.25, -0.2) is 0 Å². The summed E-state index contributed by atoms with van der Waals surface area (Å²) in [6, 6.07) is 25.2. The Labute approximate surface area is 199 Å². The van der Waals surface area contributed by atoms with Crippen LogP contribution in [0.1, 0.15) is 55.8 Å². The van der Waals surface area contributed by atoms with Crippen molar-refractivity contribution in [3.63, 3.8) is 0 Å². The third-order valence-corrected chi connectivity index (χ3v) is 5.88. The van der Waals surface area contributed by atoms with Crippen LogP contribution < -0.4 is 5.32 Å². The van der Waals surface area contributed by atoms with Gasteiger partial charge in [0.05, 0.1) is 0 Å². The summed E-state index contributed by atoms with van der Waals surface area (Å²) in [7, 11) is 0. The molecule has 0 aliphatic rings. The number of aromatic nitrogens is 1. The van der Waals surface area contributed by atoms with E-state index in [0.717, 1.165) is 50.3 Å². The fourth-order valence-corrected chi connectivity index (χ4v) is 3.99. The van der Waals surface area contributed by atoms with Gasteiger partial charge in [0.1, 0.15) is 0 Å². The highest BCUT2D eigenvalue weighted by Crippen LogP contribution is 2.14. The van der Waals surface area contributed by atoms with Crippen molar-refractivity contribution >= 4 is 11.6 Å². The van der Waals surface area contributed by atoms with Crippen LogP contribution in [-0.2, 0) is 24.2 Å². The summed E-state index contributed by atoms with van der Waals surface area (Å²) in [5.41, 5.74) is 4.75. The third kappa shape index (κ3) is 9.58. The zero-order chi connectivity index (χ0) is 23.1. The number of rotatable bonds is 14. The third-order valence-electron chi connectivity index (χ3n) is 5.88. The van der Waals surface area contributed by atoms with Crippen molar-refractivity contribution in [2.75, 3.05) is 18.4 Å². The number of carbonyl (C=O) groups is 1. The first-order chi connectivity index (χ1) is 16.2. The van der Waals surface area contributed by atoms with Gasteiger partial charge in [0.25, 0.3) is 0 Å². The van der Waals surface area contributed by atoms with Crippen molar-refractivity contribution in [1.29, 1.82) is 0 Å². The number of aryl methyl sites for hydroxylation is 2. The first kappa shape index (κ1) is 24.7. The Kier molecular flexibility index (Phi) is 10.6. The van der Waals surface area contributed by atoms with Gasteiger partial charge in [-0.2, -0.15) is 0 Å². The average molecular weight is 444 g/mol. The molecule has 3 aromatic rings. The van der Waals surface area contributed by atoms with Gasteiger partial charge < -0.3 is 5.32 Å². The van der Waals surface area contributed by atoms with Crippen LogP contribution in [-0.4, -0.2) is 28.9 Å². The van der Waals surface area contributed by atoms with Gasteiger partial charge in [-0.3, -0.25) is 14.7 Å². The van der Waals surface area contributed by atoms with E-state index in [1.54, 1.807) is 0 Å². The number of anilines is 1. The van der Waals surface area contributed by atoms with E-state index in [4.69, 9.17) is 0 Å². The number of amides is 1. The predicted octanol–water partition coefficient (Wildman–Crippen LogP) is 6.28. The maximum atomic E-state index is 11.6. The van der Waals surface area contributed by atoms with Crippen molar-refractivity contribution in [3.05, 3.63) is 95.8 Å². The van der Waals surface area contributed by atoms with Gasteiger partial charge in [0.2, 0.25) is 5.91 Å². The standard InChI is InChI=1S/C29H37N3O/c1-2-29(33)31-28-19-17-26(18-20-28)24-32(23-11-16-27-15-8-9-21-30-27)22-10-4-7-14-25-12-5-3-6-13-25/h3,5-6,8-9,12-13,15,17-21H,2,4,7,10-11,14,16,22-24H2,1H3,(H,31,33). The second-order valence-electron chi connectivity index (χ2n) is 8.60. The number of nitrogens with one attached hydrogen (secondary N) is 1. The molecule has 0 radical (unpaired) electrons. The van der Waals surface area contributed by atoms with E-state index in [9.17, 15) is 4.79 Å². The maximum Gasteiger partial charge on any atom is 0.224 e. The Bertz CT molecular complexity index is 926. The molecule has 1 amide bonds. The van der Waals surface area contributed by atoms with E-state index < -0.39 is 0 Å². The topological polar surface area (TPSA) is 45.2 Å². The normalized spacial score (nSPS) is 11.0.